The van der Waals surface area contributed by atoms with Crippen LogP contribution in [0.15, 0.2) is 0 Å². The number of esters is 1. The number of carbonyl (C=O) groups excluding carboxylic acids is 2. The predicted octanol–water partition coefficient (Wildman–Crippen LogP) is 1.72. The summed E-state index contributed by atoms with van der Waals surface area (Å²) in [6.07, 6.45) is 3.89. The lowest BCUT2D eigenvalue weighted by Gasteiger charge is -2.03. The van der Waals surface area contributed by atoms with Crippen molar-refractivity contribution in [2.24, 2.45) is 0 Å². The molecule has 88 valence electrons. The van der Waals surface area contributed by atoms with E-state index in [1.807, 2.05) is 0 Å². The summed E-state index contributed by atoms with van der Waals surface area (Å²) in [5.74, 6) is -0.570. The van der Waals surface area contributed by atoms with E-state index in [9.17, 15) is 9.59 Å². The second kappa shape index (κ2) is 9.65. The van der Waals surface area contributed by atoms with Gasteiger partial charge in [-0.05, 0) is 26.2 Å². The van der Waals surface area contributed by atoms with Crippen molar-refractivity contribution in [1.82, 2.24) is 0 Å². The average Bonchev–Trinajstić information content (AvgIpc) is 2.15. The van der Waals surface area contributed by atoms with Crippen LogP contribution in [0.4, 0.5) is 0 Å². The van der Waals surface area contributed by atoms with Crippen LogP contribution in [-0.2, 0) is 19.1 Å². The zero-order valence-corrected chi connectivity index (χ0v) is 9.58. The molecule has 0 heterocycles. The average molecular weight is 216 g/mol. The first kappa shape index (κ1) is 14.1. The summed E-state index contributed by atoms with van der Waals surface area (Å²) < 4.78 is 9.78. The van der Waals surface area contributed by atoms with Gasteiger partial charge in [-0.25, -0.2) is 0 Å². The van der Waals surface area contributed by atoms with Crippen molar-refractivity contribution in [2.45, 2.75) is 39.0 Å². The Morgan fingerprint density at radius 2 is 1.60 bits per heavy atom. The van der Waals surface area contributed by atoms with Gasteiger partial charge in [0.05, 0.1) is 6.61 Å². The first-order valence-corrected chi connectivity index (χ1v) is 5.31. The molecular weight excluding hydrogens is 196 g/mol. The van der Waals surface area contributed by atoms with E-state index in [0.717, 1.165) is 32.3 Å². The fourth-order valence-electron chi connectivity index (χ4n) is 1.14. The van der Waals surface area contributed by atoms with Crippen LogP contribution in [0.25, 0.3) is 0 Å². The highest BCUT2D eigenvalue weighted by molar-refractivity contribution is 5.94. The van der Waals surface area contributed by atoms with E-state index in [-0.39, 0.29) is 12.2 Å². The minimum atomic E-state index is -0.417. The molecule has 0 bridgehead atoms. The van der Waals surface area contributed by atoms with Crippen LogP contribution in [0.3, 0.4) is 0 Å². The molecule has 0 saturated carbocycles. The number of rotatable bonds is 9. The highest BCUT2D eigenvalue weighted by Crippen LogP contribution is 2.00. The summed E-state index contributed by atoms with van der Waals surface area (Å²) >= 11 is 0. The third-order valence-electron chi connectivity index (χ3n) is 1.90. The highest BCUT2D eigenvalue weighted by atomic mass is 16.5. The Kier molecular flexibility index (Phi) is 9.07. The normalized spacial score (nSPS) is 10.0. The standard InChI is InChI=1S/C11H20O4/c1-10(12)9-11(13)15-8-6-4-3-5-7-14-2/h3-9H2,1-2H3. The Morgan fingerprint density at radius 1 is 1.00 bits per heavy atom. The molecule has 0 spiro atoms. The maximum absolute atomic E-state index is 10.9. The summed E-state index contributed by atoms with van der Waals surface area (Å²) in [6.45, 7) is 2.58. The molecule has 0 aliphatic carbocycles. The Labute approximate surface area is 90.9 Å². The number of ether oxygens (including phenoxy) is 2. The number of hydrogen-bond acceptors (Lipinski definition) is 4. The van der Waals surface area contributed by atoms with Crippen LogP contribution in [0.5, 0.6) is 0 Å². The van der Waals surface area contributed by atoms with Crippen molar-refractivity contribution in [3.63, 3.8) is 0 Å². The van der Waals surface area contributed by atoms with Gasteiger partial charge in [0.2, 0.25) is 0 Å². The molecule has 0 aromatic heterocycles. The van der Waals surface area contributed by atoms with Gasteiger partial charge in [0.15, 0.2) is 0 Å². The van der Waals surface area contributed by atoms with Crippen molar-refractivity contribution in [2.75, 3.05) is 20.3 Å². The van der Waals surface area contributed by atoms with Gasteiger partial charge in [-0.2, -0.15) is 0 Å². The molecule has 15 heavy (non-hydrogen) atoms. The number of hydrogen-bond donors (Lipinski definition) is 0. The fourth-order valence-corrected chi connectivity index (χ4v) is 1.14. The van der Waals surface area contributed by atoms with Crippen molar-refractivity contribution >= 4 is 11.8 Å². The molecule has 4 nitrogen and oxygen atoms in total. The molecule has 0 unspecified atom stereocenters. The van der Waals surface area contributed by atoms with Crippen LogP contribution in [0.2, 0.25) is 0 Å². The summed E-state index contributed by atoms with van der Waals surface area (Å²) in [4.78, 5) is 21.5. The van der Waals surface area contributed by atoms with Crippen molar-refractivity contribution < 1.29 is 19.1 Å². The largest absolute Gasteiger partial charge is 0.465 e. The zero-order chi connectivity index (χ0) is 11.5. The molecule has 0 aliphatic heterocycles. The lowest BCUT2D eigenvalue weighted by atomic mass is 10.2. The molecule has 0 aromatic rings. The molecule has 4 heteroatoms. The SMILES string of the molecule is COCCCCCCOC(=O)CC(C)=O. The van der Waals surface area contributed by atoms with Gasteiger partial charge in [-0.3, -0.25) is 9.59 Å². The first-order valence-electron chi connectivity index (χ1n) is 5.31. The van der Waals surface area contributed by atoms with Gasteiger partial charge in [-0.1, -0.05) is 6.42 Å². The minimum Gasteiger partial charge on any atom is -0.465 e. The molecule has 0 saturated heterocycles. The van der Waals surface area contributed by atoms with Gasteiger partial charge in [0, 0.05) is 13.7 Å². The Balaban J connectivity index is 3.16. The molecule has 0 N–H and O–H groups in total. The molecule has 0 radical (unpaired) electrons. The third kappa shape index (κ3) is 11.0. The van der Waals surface area contributed by atoms with E-state index >= 15 is 0 Å². The van der Waals surface area contributed by atoms with E-state index in [1.165, 1.54) is 6.92 Å². The monoisotopic (exact) mass is 216 g/mol. The van der Waals surface area contributed by atoms with Crippen LogP contribution < -0.4 is 0 Å². The van der Waals surface area contributed by atoms with Crippen LogP contribution >= 0.6 is 0 Å². The lowest BCUT2D eigenvalue weighted by molar-refractivity contribution is -0.145. The summed E-state index contributed by atoms with van der Waals surface area (Å²) in [6, 6.07) is 0. The van der Waals surface area contributed by atoms with Gasteiger partial charge in [0.1, 0.15) is 12.2 Å². The van der Waals surface area contributed by atoms with E-state index in [2.05, 4.69) is 0 Å². The summed E-state index contributed by atoms with van der Waals surface area (Å²) in [5.41, 5.74) is 0. The minimum absolute atomic E-state index is 0.107. The molecule has 0 aliphatic rings. The van der Waals surface area contributed by atoms with Crippen LogP contribution in [0.1, 0.15) is 39.0 Å². The fraction of sp³-hybridized carbons (Fsp3) is 0.818. The number of carbonyl (C=O) groups is 2. The van der Waals surface area contributed by atoms with Crippen molar-refractivity contribution in [1.29, 1.82) is 0 Å². The number of methoxy groups -OCH3 is 1. The smallest absolute Gasteiger partial charge is 0.313 e. The van der Waals surface area contributed by atoms with E-state index in [1.54, 1.807) is 7.11 Å². The van der Waals surface area contributed by atoms with Gasteiger partial charge in [-0.15, -0.1) is 0 Å². The molecule has 0 rings (SSSR count). The maximum Gasteiger partial charge on any atom is 0.313 e. The van der Waals surface area contributed by atoms with Crippen molar-refractivity contribution in [3.8, 4) is 0 Å². The van der Waals surface area contributed by atoms with Crippen LogP contribution in [-0.4, -0.2) is 32.1 Å². The van der Waals surface area contributed by atoms with Crippen LogP contribution in [0, 0.1) is 0 Å². The Morgan fingerprint density at radius 3 is 2.13 bits per heavy atom. The third-order valence-corrected chi connectivity index (χ3v) is 1.90. The van der Waals surface area contributed by atoms with Gasteiger partial charge in [0.25, 0.3) is 0 Å². The van der Waals surface area contributed by atoms with E-state index in [0.29, 0.717) is 6.61 Å². The Bertz CT molecular complexity index is 189. The quantitative estimate of drug-likeness (QED) is 0.334. The summed E-state index contributed by atoms with van der Waals surface area (Å²) in [7, 11) is 1.68. The lowest BCUT2D eigenvalue weighted by Crippen LogP contribution is -2.09. The second-order valence-electron chi connectivity index (χ2n) is 3.51. The second-order valence-corrected chi connectivity index (χ2v) is 3.51. The summed E-state index contributed by atoms with van der Waals surface area (Å²) in [5, 5.41) is 0. The van der Waals surface area contributed by atoms with Crippen molar-refractivity contribution in [3.05, 3.63) is 0 Å². The Hall–Kier alpha value is -0.900. The van der Waals surface area contributed by atoms with E-state index in [4.69, 9.17) is 9.47 Å². The number of Topliss-reactive ketones (excluding diaryl/α,β-unsaturated/α-hetero) is 1. The predicted molar refractivity (Wildman–Crippen MR) is 56.6 cm³/mol. The molecule has 0 amide bonds. The molecule has 0 aromatic carbocycles. The highest BCUT2D eigenvalue weighted by Gasteiger charge is 2.05. The van der Waals surface area contributed by atoms with Gasteiger partial charge >= 0.3 is 5.97 Å². The topological polar surface area (TPSA) is 52.6 Å². The number of unbranched alkanes of at least 4 members (excludes halogenated alkanes) is 3. The number of ketones is 1. The molecule has 0 atom stereocenters. The van der Waals surface area contributed by atoms with Gasteiger partial charge < -0.3 is 9.47 Å². The van der Waals surface area contributed by atoms with E-state index < -0.39 is 5.97 Å². The first-order chi connectivity index (χ1) is 7.16. The molecular formula is C11H20O4. The zero-order valence-electron chi connectivity index (χ0n) is 9.58. The maximum atomic E-state index is 10.9. The molecule has 0 fully saturated rings.